The van der Waals surface area contributed by atoms with Gasteiger partial charge in [-0.3, -0.25) is 0 Å². The van der Waals surface area contributed by atoms with Crippen molar-refractivity contribution in [2.24, 2.45) is 0 Å². The third-order valence-electron chi connectivity index (χ3n) is 2.36. The zero-order chi connectivity index (χ0) is 12.3. The highest BCUT2D eigenvalue weighted by Crippen LogP contribution is 2.26. The van der Waals surface area contributed by atoms with Crippen molar-refractivity contribution in [3.63, 3.8) is 0 Å². The van der Waals surface area contributed by atoms with E-state index in [1.807, 2.05) is 31.2 Å². The average molecular weight is 230 g/mol. The van der Waals surface area contributed by atoms with Crippen LogP contribution < -0.4 is 10.5 Å². The molecule has 1 aromatic heterocycles. The Balaban J connectivity index is 2.55. The van der Waals surface area contributed by atoms with E-state index in [4.69, 9.17) is 10.5 Å². The summed E-state index contributed by atoms with van der Waals surface area (Å²) in [6.45, 7) is 1.97. The van der Waals surface area contributed by atoms with Crippen molar-refractivity contribution in [3.05, 3.63) is 30.1 Å². The fourth-order valence-electron chi connectivity index (χ4n) is 1.55. The largest absolute Gasteiger partial charge is 0.496 e. The Bertz CT molecular complexity index is 528. The minimum Gasteiger partial charge on any atom is -0.496 e. The molecular weight excluding hydrogens is 216 g/mol. The lowest BCUT2D eigenvalue weighted by Crippen LogP contribution is -2.04. The van der Waals surface area contributed by atoms with Crippen LogP contribution >= 0.6 is 0 Å². The van der Waals surface area contributed by atoms with Crippen LogP contribution in [-0.4, -0.2) is 22.1 Å². The minimum atomic E-state index is 0.234. The molecule has 0 amide bonds. The fraction of sp³-hybridized carbons (Fsp3) is 0.250. The number of ether oxygens (including phenoxy) is 1. The van der Waals surface area contributed by atoms with Gasteiger partial charge in [-0.05, 0) is 12.1 Å². The van der Waals surface area contributed by atoms with Crippen molar-refractivity contribution in [3.8, 4) is 17.1 Å². The van der Waals surface area contributed by atoms with E-state index in [1.54, 1.807) is 7.11 Å². The van der Waals surface area contributed by atoms with E-state index in [2.05, 4.69) is 15.0 Å². The first-order valence-electron chi connectivity index (χ1n) is 5.38. The van der Waals surface area contributed by atoms with Crippen molar-refractivity contribution < 1.29 is 4.74 Å². The number of nitrogen functional groups attached to an aromatic ring is 1. The van der Waals surface area contributed by atoms with Gasteiger partial charge in [0.25, 0.3) is 0 Å². The second-order valence-corrected chi connectivity index (χ2v) is 3.49. The van der Waals surface area contributed by atoms with Gasteiger partial charge in [0.15, 0.2) is 5.82 Å². The predicted octanol–water partition coefficient (Wildman–Crippen LogP) is 1.69. The minimum absolute atomic E-state index is 0.234. The molecule has 1 heterocycles. The standard InChI is InChI=1S/C12H14N4O/c1-3-10-14-11(16-12(13)15-10)8-6-4-5-7-9(8)17-2/h4-7H,3H2,1-2H3,(H2,13,14,15,16). The summed E-state index contributed by atoms with van der Waals surface area (Å²) in [6, 6.07) is 7.56. The Hall–Kier alpha value is -2.17. The van der Waals surface area contributed by atoms with E-state index in [9.17, 15) is 0 Å². The molecule has 0 fully saturated rings. The number of rotatable bonds is 3. The average Bonchev–Trinajstić information content (AvgIpc) is 2.37. The zero-order valence-electron chi connectivity index (χ0n) is 9.84. The molecule has 0 atom stereocenters. The summed E-state index contributed by atoms with van der Waals surface area (Å²) >= 11 is 0. The second kappa shape index (κ2) is 4.78. The molecule has 0 spiro atoms. The van der Waals surface area contributed by atoms with Crippen molar-refractivity contribution in [1.29, 1.82) is 0 Å². The monoisotopic (exact) mass is 230 g/mol. The number of hydrogen-bond acceptors (Lipinski definition) is 5. The first-order valence-corrected chi connectivity index (χ1v) is 5.38. The Morgan fingerprint density at radius 3 is 2.65 bits per heavy atom. The van der Waals surface area contributed by atoms with Crippen LogP contribution in [0.4, 0.5) is 5.95 Å². The van der Waals surface area contributed by atoms with Crippen LogP contribution in [0.15, 0.2) is 24.3 Å². The number of hydrogen-bond donors (Lipinski definition) is 1. The Morgan fingerprint density at radius 2 is 1.94 bits per heavy atom. The molecule has 0 radical (unpaired) electrons. The van der Waals surface area contributed by atoms with Gasteiger partial charge >= 0.3 is 0 Å². The van der Waals surface area contributed by atoms with Crippen LogP contribution in [0, 0.1) is 0 Å². The number of nitrogens with zero attached hydrogens (tertiary/aromatic N) is 3. The Kier molecular flexibility index (Phi) is 3.18. The molecule has 5 heteroatoms. The van der Waals surface area contributed by atoms with Gasteiger partial charge in [-0.2, -0.15) is 9.97 Å². The summed E-state index contributed by atoms with van der Waals surface area (Å²) in [5, 5.41) is 0. The summed E-state index contributed by atoms with van der Waals surface area (Å²) in [4.78, 5) is 12.5. The molecule has 17 heavy (non-hydrogen) atoms. The van der Waals surface area contributed by atoms with Crippen molar-refractivity contribution >= 4 is 5.95 Å². The smallest absolute Gasteiger partial charge is 0.223 e. The maximum atomic E-state index is 5.66. The molecule has 0 unspecified atom stereocenters. The maximum Gasteiger partial charge on any atom is 0.223 e. The predicted molar refractivity (Wildman–Crippen MR) is 65.6 cm³/mol. The molecule has 1 aromatic carbocycles. The molecule has 0 aliphatic rings. The van der Waals surface area contributed by atoms with Crippen molar-refractivity contribution in [2.45, 2.75) is 13.3 Å². The lowest BCUT2D eigenvalue weighted by Gasteiger charge is -2.07. The SMILES string of the molecule is CCc1nc(N)nc(-c2ccccc2OC)n1. The van der Waals surface area contributed by atoms with E-state index in [1.165, 1.54) is 0 Å². The topological polar surface area (TPSA) is 73.9 Å². The quantitative estimate of drug-likeness (QED) is 0.868. The molecule has 2 aromatic rings. The maximum absolute atomic E-state index is 5.66. The van der Waals surface area contributed by atoms with Crippen LogP contribution in [0.5, 0.6) is 5.75 Å². The normalized spacial score (nSPS) is 10.2. The van der Waals surface area contributed by atoms with Crippen LogP contribution in [0.2, 0.25) is 0 Å². The molecule has 0 saturated carbocycles. The van der Waals surface area contributed by atoms with Gasteiger partial charge in [-0.25, -0.2) is 4.98 Å². The van der Waals surface area contributed by atoms with Crippen molar-refractivity contribution in [1.82, 2.24) is 15.0 Å². The zero-order valence-corrected chi connectivity index (χ0v) is 9.84. The number of anilines is 1. The van der Waals surface area contributed by atoms with Crippen LogP contribution in [0.1, 0.15) is 12.7 Å². The van der Waals surface area contributed by atoms with Gasteiger partial charge in [-0.1, -0.05) is 19.1 Å². The Morgan fingerprint density at radius 1 is 1.18 bits per heavy atom. The number of methoxy groups -OCH3 is 1. The van der Waals surface area contributed by atoms with Gasteiger partial charge in [0, 0.05) is 6.42 Å². The summed E-state index contributed by atoms with van der Waals surface area (Å²) in [6.07, 6.45) is 0.717. The molecule has 0 aliphatic heterocycles. The van der Waals surface area contributed by atoms with Crippen molar-refractivity contribution in [2.75, 3.05) is 12.8 Å². The number of benzene rings is 1. The van der Waals surface area contributed by atoms with Gasteiger partial charge in [0.2, 0.25) is 5.95 Å². The summed E-state index contributed by atoms with van der Waals surface area (Å²) in [5.41, 5.74) is 6.48. The number of aryl methyl sites for hydroxylation is 1. The number of nitrogens with two attached hydrogens (primary N) is 1. The summed E-state index contributed by atoms with van der Waals surface area (Å²) in [5.74, 6) is 2.18. The van der Waals surface area contributed by atoms with E-state index in [-0.39, 0.29) is 5.95 Å². The molecule has 2 rings (SSSR count). The van der Waals surface area contributed by atoms with Gasteiger partial charge in [0.05, 0.1) is 12.7 Å². The number of para-hydroxylation sites is 1. The lowest BCUT2D eigenvalue weighted by molar-refractivity contribution is 0.416. The van der Waals surface area contributed by atoms with E-state index < -0.39 is 0 Å². The van der Waals surface area contributed by atoms with Crippen LogP contribution in [-0.2, 0) is 6.42 Å². The molecule has 2 N–H and O–H groups in total. The first kappa shape index (κ1) is 11.3. The Labute approximate surface area is 99.7 Å². The third kappa shape index (κ3) is 2.33. The molecule has 0 saturated heterocycles. The molecule has 0 aliphatic carbocycles. The lowest BCUT2D eigenvalue weighted by atomic mass is 10.2. The van der Waals surface area contributed by atoms with E-state index in [0.29, 0.717) is 11.6 Å². The van der Waals surface area contributed by atoms with Gasteiger partial charge in [-0.15, -0.1) is 0 Å². The molecule has 0 bridgehead atoms. The summed E-state index contributed by atoms with van der Waals surface area (Å²) < 4.78 is 5.27. The highest BCUT2D eigenvalue weighted by molar-refractivity contribution is 5.64. The van der Waals surface area contributed by atoms with E-state index >= 15 is 0 Å². The molecule has 88 valence electrons. The van der Waals surface area contributed by atoms with Crippen LogP contribution in [0.25, 0.3) is 11.4 Å². The second-order valence-electron chi connectivity index (χ2n) is 3.49. The first-order chi connectivity index (χ1) is 8.24. The molecule has 5 nitrogen and oxygen atoms in total. The highest BCUT2D eigenvalue weighted by Gasteiger charge is 2.10. The number of aromatic nitrogens is 3. The fourth-order valence-corrected chi connectivity index (χ4v) is 1.55. The van der Waals surface area contributed by atoms with Crippen LogP contribution in [0.3, 0.4) is 0 Å². The third-order valence-corrected chi connectivity index (χ3v) is 2.36. The highest BCUT2D eigenvalue weighted by atomic mass is 16.5. The van der Waals surface area contributed by atoms with Gasteiger partial charge < -0.3 is 10.5 Å². The van der Waals surface area contributed by atoms with Gasteiger partial charge in [0.1, 0.15) is 11.6 Å². The summed E-state index contributed by atoms with van der Waals surface area (Å²) in [7, 11) is 1.62. The van der Waals surface area contributed by atoms with E-state index in [0.717, 1.165) is 17.7 Å². The molecular formula is C12H14N4O.